The lowest BCUT2D eigenvalue weighted by molar-refractivity contribution is 0.429. The molecule has 0 amide bonds. The highest BCUT2D eigenvalue weighted by molar-refractivity contribution is 5.67. The smallest absolute Gasteiger partial charge is 0.207 e. The summed E-state index contributed by atoms with van der Waals surface area (Å²) in [4.78, 5) is 0. The maximum absolute atomic E-state index is 5.76. The predicted octanol–water partition coefficient (Wildman–Crippen LogP) is 1.95. The lowest BCUT2D eigenvalue weighted by Crippen LogP contribution is -2.12. The summed E-state index contributed by atoms with van der Waals surface area (Å²) in [6.07, 6.45) is 1.50. The Balaban J connectivity index is 2.52. The number of hydrogen-bond donors (Lipinski definition) is 1. The Morgan fingerprint density at radius 3 is 2.50 bits per heavy atom. The van der Waals surface area contributed by atoms with E-state index >= 15 is 0 Å². The van der Waals surface area contributed by atoms with Gasteiger partial charge in [-0.3, -0.25) is 4.68 Å². The number of nitrogen functional groups attached to an aromatic ring is 1. The largest absolute Gasteiger partial charge is 0.394 e. The van der Waals surface area contributed by atoms with Crippen LogP contribution in [0.5, 0.6) is 0 Å². The Morgan fingerprint density at radius 2 is 2.06 bits per heavy atom. The van der Waals surface area contributed by atoms with E-state index < -0.39 is 0 Å². The second-order valence-corrected chi connectivity index (χ2v) is 4.90. The van der Waals surface area contributed by atoms with Crippen molar-refractivity contribution in [2.45, 2.75) is 26.2 Å². The first-order valence-electron chi connectivity index (χ1n) is 5.14. The number of aryl methyl sites for hydroxylation is 1. The quantitative estimate of drug-likeness (QED) is 0.797. The van der Waals surface area contributed by atoms with Crippen LogP contribution in [0.15, 0.2) is 16.8 Å². The third kappa shape index (κ3) is 1.68. The van der Waals surface area contributed by atoms with Gasteiger partial charge in [-0.1, -0.05) is 25.9 Å². The summed E-state index contributed by atoms with van der Waals surface area (Å²) in [6, 6.07) is 1.98. The summed E-state index contributed by atoms with van der Waals surface area (Å²) in [5, 5.41) is 8.12. The van der Waals surface area contributed by atoms with Gasteiger partial charge in [0.15, 0.2) is 0 Å². The van der Waals surface area contributed by atoms with Crippen molar-refractivity contribution in [1.82, 2.24) is 14.9 Å². The van der Waals surface area contributed by atoms with Gasteiger partial charge in [0.2, 0.25) is 5.76 Å². The average molecular weight is 220 g/mol. The van der Waals surface area contributed by atoms with Crippen molar-refractivity contribution in [1.29, 1.82) is 0 Å². The maximum Gasteiger partial charge on any atom is 0.207 e. The molecule has 0 aliphatic rings. The molecule has 0 aliphatic heterocycles. The van der Waals surface area contributed by atoms with Crippen molar-refractivity contribution >= 4 is 5.69 Å². The molecule has 0 radical (unpaired) electrons. The van der Waals surface area contributed by atoms with E-state index in [1.54, 1.807) is 4.68 Å². The Labute approximate surface area is 94.2 Å². The van der Waals surface area contributed by atoms with Crippen molar-refractivity contribution in [3.63, 3.8) is 0 Å². The molecule has 2 N–H and O–H groups in total. The molecule has 2 aromatic rings. The molecule has 16 heavy (non-hydrogen) atoms. The summed E-state index contributed by atoms with van der Waals surface area (Å²) in [5.41, 5.74) is 8.15. The number of nitrogens with zero attached hydrogens (tertiary/aromatic N) is 3. The lowest BCUT2D eigenvalue weighted by atomic mass is 9.92. The number of rotatable bonds is 1. The molecule has 0 unspecified atom stereocenters. The molecule has 0 saturated carbocycles. The maximum atomic E-state index is 5.76. The van der Waals surface area contributed by atoms with Gasteiger partial charge in [-0.05, 0) is 6.07 Å². The van der Waals surface area contributed by atoms with Gasteiger partial charge < -0.3 is 10.3 Å². The Hall–Kier alpha value is -1.78. The van der Waals surface area contributed by atoms with Gasteiger partial charge in [-0.2, -0.15) is 5.10 Å². The van der Waals surface area contributed by atoms with Gasteiger partial charge in [-0.25, -0.2) is 0 Å². The van der Waals surface area contributed by atoms with Crippen molar-refractivity contribution in [2.75, 3.05) is 5.73 Å². The number of aromatic nitrogens is 3. The summed E-state index contributed by atoms with van der Waals surface area (Å²) in [6.45, 7) is 6.34. The monoisotopic (exact) mass is 220 g/mol. The Kier molecular flexibility index (Phi) is 2.26. The molecule has 0 spiro atoms. The highest BCUT2D eigenvalue weighted by atomic mass is 16.5. The first-order chi connectivity index (χ1) is 7.39. The minimum atomic E-state index is 0.00476. The van der Waals surface area contributed by atoms with E-state index in [-0.39, 0.29) is 5.41 Å². The molecular formula is C11H16N4O. The average Bonchev–Trinajstić information content (AvgIpc) is 2.70. The summed E-state index contributed by atoms with van der Waals surface area (Å²) in [5.74, 6) is 0.575. The summed E-state index contributed by atoms with van der Waals surface area (Å²) in [7, 11) is 1.87. The zero-order chi connectivity index (χ0) is 11.9. The molecule has 0 bridgehead atoms. The molecule has 86 valence electrons. The third-order valence-corrected chi connectivity index (χ3v) is 2.48. The SMILES string of the molecule is Cn1nc(C(C)(C)C)cc1-c1oncc1N. The fraction of sp³-hybridized carbons (Fsp3) is 0.455. The molecule has 2 aromatic heterocycles. The molecule has 2 rings (SSSR count). The number of nitrogens with two attached hydrogens (primary N) is 1. The standard InChI is InChI=1S/C11H16N4O/c1-11(2,3)9-5-8(15(4)14-9)10-7(12)6-13-16-10/h5-6H,12H2,1-4H3. The van der Waals surface area contributed by atoms with Crippen LogP contribution in [0.1, 0.15) is 26.5 Å². The Bertz CT molecular complexity index is 504. The van der Waals surface area contributed by atoms with Gasteiger partial charge in [0.1, 0.15) is 11.4 Å². The van der Waals surface area contributed by atoms with Crippen LogP contribution in [0.25, 0.3) is 11.5 Å². The minimum absolute atomic E-state index is 0.00476. The van der Waals surface area contributed by atoms with Gasteiger partial charge in [0, 0.05) is 12.5 Å². The first-order valence-corrected chi connectivity index (χ1v) is 5.14. The predicted molar refractivity (Wildman–Crippen MR) is 61.8 cm³/mol. The molecule has 0 atom stereocenters. The molecule has 5 heteroatoms. The zero-order valence-electron chi connectivity index (χ0n) is 9.98. The van der Waals surface area contributed by atoms with E-state index in [9.17, 15) is 0 Å². The fourth-order valence-corrected chi connectivity index (χ4v) is 1.49. The Morgan fingerprint density at radius 1 is 1.38 bits per heavy atom. The summed E-state index contributed by atoms with van der Waals surface area (Å²) < 4.78 is 6.88. The summed E-state index contributed by atoms with van der Waals surface area (Å²) >= 11 is 0. The highest BCUT2D eigenvalue weighted by Crippen LogP contribution is 2.29. The van der Waals surface area contributed by atoms with Crippen LogP contribution in [0.4, 0.5) is 5.69 Å². The van der Waals surface area contributed by atoms with Crippen LogP contribution in [0, 0.1) is 0 Å². The van der Waals surface area contributed by atoms with Crippen LogP contribution >= 0.6 is 0 Å². The lowest BCUT2D eigenvalue weighted by Gasteiger charge is -2.13. The fourth-order valence-electron chi connectivity index (χ4n) is 1.49. The normalized spacial score (nSPS) is 12.0. The van der Waals surface area contributed by atoms with Crippen molar-refractivity contribution in [3.8, 4) is 11.5 Å². The van der Waals surface area contributed by atoms with Gasteiger partial charge in [0.25, 0.3) is 0 Å². The first kappa shape index (κ1) is 10.7. The van der Waals surface area contributed by atoms with Gasteiger partial charge in [-0.15, -0.1) is 0 Å². The van der Waals surface area contributed by atoms with Gasteiger partial charge in [0.05, 0.1) is 11.9 Å². The van der Waals surface area contributed by atoms with Crippen LogP contribution < -0.4 is 5.73 Å². The molecule has 0 aliphatic carbocycles. The van der Waals surface area contributed by atoms with Crippen molar-refractivity contribution in [3.05, 3.63) is 18.0 Å². The molecule has 5 nitrogen and oxygen atoms in total. The van der Waals surface area contributed by atoms with E-state index in [2.05, 4.69) is 31.0 Å². The molecule has 2 heterocycles. The van der Waals surface area contributed by atoms with Crippen LogP contribution in [0.3, 0.4) is 0 Å². The zero-order valence-corrected chi connectivity index (χ0v) is 9.98. The van der Waals surface area contributed by atoms with E-state index in [1.807, 2.05) is 13.1 Å². The van der Waals surface area contributed by atoms with Crippen LogP contribution in [-0.2, 0) is 12.5 Å². The van der Waals surface area contributed by atoms with Gasteiger partial charge >= 0.3 is 0 Å². The number of hydrogen-bond acceptors (Lipinski definition) is 4. The van der Waals surface area contributed by atoms with E-state index in [0.717, 1.165) is 11.4 Å². The number of anilines is 1. The highest BCUT2D eigenvalue weighted by Gasteiger charge is 2.21. The van der Waals surface area contributed by atoms with Crippen LogP contribution in [-0.4, -0.2) is 14.9 Å². The van der Waals surface area contributed by atoms with Crippen molar-refractivity contribution in [2.24, 2.45) is 7.05 Å². The van der Waals surface area contributed by atoms with E-state index in [0.29, 0.717) is 11.4 Å². The molecule has 0 fully saturated rings. The molecular weight excluding hydrogens is 204 g/mol. The third-order valence-electron chi connectivity index (χ3n) is 2.48. The van der Waals surface area contributed by atoms with E-state index in [4.69, 9.17) is 10.3 Å². The van der Waals surface area contributed by atoms with Crippen molar-refractivity contribution < 1.29 is 4.52 Å². The van der Waals surface area contributed by atoms with Crippen LogP contribution in [0.2, 0.25) is 0 Å². The minimum Gasteiger partial charge on any atom is -0.394 e. The topological polar surface area (TPSA) is 69.9 Å². The second-order valence-electron chi connectivity index (χ2n) is 4.90. The molecule has 0 saturated heterocycles. The second kappa shape index (κ2) is 3.37. The molecule has 0 aromatic carbocycles. The van der Waals surface area contributed by atoms with E-state index in [1.165, 1.54) is 6.20 Å².